The lowest BCUT2D eigenvalue weighted by Gasteiger charge is -2.28. The van der Waals surface area contributed by atoms with Crippen LogP contribution in [0.1, 0.15) is 23.1 Å². The SMILES string of the molecule is Cc1cccc(C2=CCN(c3nccn4nnnc34)CC2)c1C. The third-order valence-electron chi connectivity index (χ3n) is 4.56. The van der Waals surface area contributed by atoms with Crippen molar-refractivity contribution in [1.29, 1.82) is 0 Å². The van der Waals surface area contributed by atoms with Crippen molar-refractivity contribution in [3.05, 3.63) is 53.4 Å². The van der Waals surface area contributed by atoms with Gasteiger partial charge in [0, 0.05) is 19.3 Å². The lowest BCUT2D eigenvalue weighted by molar-refractivity contribution is 0.800. The second kappa shape index (κ2) is 5.46. The molecule has 0 fully saturated rings. The van der Waals surface area contributed by atoms with E-state index in [0.717, 1.165) is 25.3 Å². The van der Waals surface area contributed by atoms with E-state index in [2.05, 4.69) is 63.5 Å². The summed E-state index contributed by atoms with van der Waals surface area (Å²) in [6.45, 7) is 6.10. The van der Waals surface area contributed by atoms with Gasteiger partial charge in [0.1, 0.15) is 0 Å². The summed E-state index contributed by atoms with van der Waals surface area (Å²) in [7, 11) is 0. The predicted molar refractivity (Wildman–Crippen MR) is 89.3 cm³/mol. The standard InChI is InChI=1S/C17H18N6/c1-12-4-3-5-15(13(12)2)14-6-9-22(10-7-14)16-17-19-20-21-23(17)11-8-18-16/h3-6,8,11H,7,9-10H2,1-2H3. The molecule has 6 nitrogen and oxygen atoms in total. The smallest absolute Gasteiger partial charge is 0.221 e. The lowest BCUT2D eigenvalue weighted by Crippen LogP contribution is -2.29. The first-order chi connectivity index (χ1) is 11.2. The van der Waals surface area contributed by atoms with Gasteiger partial charge < -0.3 is 4.90 Å². The third kappa shape index (κ3) is 2.36. The van der Waals surface area contributed by atoms with Crippen molar-refractivity contribution in [2.45, 2.75) is 20.3 Å². The van der Waals surface area contributed by atoms with Crippen LogP contribution in [0.4, 0.5) is 5.82 Å². The molecule has 116 valence electrons. The van der Waals surface area contributed by atoms with Crippen molar-refractivity contribution in [1.82, 2.24) is 25.0 Å². The highest BCUT2D eigenvalue weighted by Gasteiger charge is 2.19. The van der Waals surface area contributed by atoms with E-state index >= 15 is 0 Å². The zero-order chi connectivity index (χ0) is 15.8. The molecule has 1 aliphatic heterocycles. The summed E-state index contributed by atoms with van der Waals surface area (Å²) >= 11 is 0. The van der Waals surface area contributed by atoms with Crippen molar-refractivity contribution in [3.8, 4) is 0 Å². The average Bonchev–Trinajstić information content (AvgIpc) is 3.06. The summed E-state index contributed by atoms with van der Waals surface area (Å²) < 4.78 is 1.66. The number of tetrazole rings is 1. The number of aryl methyl sites for hydroxylation is 1. The van der Waals surface area contributed by atoms with E-state index in [4.69, 9.17) is 0 Å². The molecule has 4 rings (SSSR count). The fourth-order valence-corrected chi connectivity index (χ4v) is 3.09. The van der Waals surface area contributed by atoms with E-state index < -0.39 is 0 Å². The second-order valence-electron chi connectivity index (χ2n) is 5.87. The Labute approximate surface area is 134 Å². The fourth-order valence-electron chi connectivity index (χ4n) is 3.09. The van der Waals surface area contributed by atoms with Gasteiger partial charge in [0.2, 0.25) is 5.65 Å². The van der Waals surface area contributed by atoms with Gasteiger partial charge in [0.25, 0.3) is 0 Å². The number of aromatic nitrogens is 5. The zero-order valence-electron chi connectivity index (χ0n) is 13.3. The number of hydrogen-bond acceptors (Lipinski definition) is 5. The normalized spacial score (nSPS) is 15.0. The predicted octanol–water partition coefficient (Wildman–Crippen LogP) is 2.43. The van der Waals surface area contributed by atoms with Crippen molar-refractivity contribution in [3.63, 3.8) is 0 Å². The van der Waals surface area contributed by atoms with Gasteiger partial charge in [-0.05, 0) is 53.0 Å². The maximum absolute atomic E-state index is 4.47. The van der Waals surface area contributed by atoms with Gasteiger partial charge in [-0.15, -0.1) is 5.10 Å². The third-order valence-corrected chi connectivity index (χ3v) is 4.56. The summed E-state index contributed by atoms with van der Waals surface area (Å²) in [5.74, 6) is 0.841. The highest BCUT2D eigenvalue weighted by atomic mass is 15.5. The Morgan fingerprint density at radius 1 is 1.17 bits per heavy atom. The van der Waals surface area contributed by atoms with Crippen LogP contribution in [0.15, 0.2) is 36.7 Å². The fraction of sp³-hybridized carbons (Fsp3) is 0.294. The number of anilines is 1. The Morgan fingerprint density at radius 3 is 2.91 bits per heavy atom. The zero-order valence-corrected chi connectivity index (χ0v) is 13.3. The molecule has 6 heteroatoms. The van der Waals surface area contributed by atoms with E-state index in [0.29, 0.717) is 5.65 Å². The van der Waals surface area contributed by atoms with Crippen molar-refractivity contribution in [2.75, 3.05) is 18.0 Å². The number of fused-ring (bicyclic) bond motifs is 1. The van der Waals surface area contributed by atoms with Crippen molar-refractivity contribution >= 4 is 17.0 Å². The first-order valence-corrected chi connectivity index (χ1v) is 7.77. The molecule has 23 heavy (non-hydrogen) atoms. The summed E-state index contributed by atoms with van der Waals surface area (Å²) in [4.78, 5) is 6.69. The molecule has 0 saturated carbocycles. The molecule has 3 heterocycles. The molecular formula is C17H18N6. The molecule has 1 aromatic carbocycles. The molecule has 0 bridgehead atoms. The quantitative estimate of drug-likeness (QED) is 0.728. The largest absolute Gasteiger partial charge is 0.349 e. The Balaban J connectivity index is 1.64. The molecule has 0 unspecified atom stereocenters. The van der Waals surface area contributed by atoms with E-state index in [1.807, 2.05) is 0 Å². The van der Waals surface area contributed by atoms with Gasteiger partial charge >= 0.3 is 0 Å². The van der Waals surface area contributed by atoms with Crippen LogP contribution in [0, 0.1) is 13.8 Å². The molecule has 0 N–H and O–H groups in total. The molecular weight excluding hydrogens is 288 g/mol. The van der Waals surface area contributed by atoms with Crippen LogP contribution in [-0.4, -0.2) is 38.1 Å². The summed E-state index contributed by atoms with van der Waals surface area (Å²) in [5.41, 5.74) is 6.19. The average molecular weight is 306 g/mol. The van der Waals surface area contributed by atoms with Gasteiger partial charge in [0.15, 0.2) is 5.82 Å². The van der Waals surface area contributed by atoms with E-state index in [9.17, 15) is 0 Å². The number of nitrogens with zero attached hydrogens (tertiary/aromatic N) is 6. The molecule has 0 radical (unpaired) electrons. The van der Waals surface area contributed by atoms with Crippen LogP contribution in [-0.2, 0) is 0 Å². The maximum Gasteiger partial charge on any atom is 0.221 e. The molecule has 0 amide bonds. The van der Waals surface area contributed by atoms with Crippen molar-refractivity contribution < 1.29 is 0 Å². The molecule has 0 atom stereocenters. The summed E-state index contributed by atoms with van der Waals surface area (Å²) in [6.07, 6.45) is 6.79. The van der Waals surface area contributed by atoms with Gasteiger partial charge in [0.05, 0.1) is 6.20 Å². The van der Waals surface area contributed by atoms with Crippen LogP contribution < -0.4 is 4.90 Å². The van der Waals surface area contributed by atoms with Gasteiger partial charge in [-0.25, -0.2) is 4.98 Å². The minimum Gasteiger partial charge on any atom is -0.349 e. The van der Waals surface area contributed by atoms with Gasteiger partial charge in [-0.1, -0.05) is 24.3 Å². The molecule has 0 saturated heterocycles. The Kier molecular flexibility index (Phi) is 3.29. The summed E-state index contributed by atoms with van der Waals surface area (Å²) in [5, 5.41) is 11.7. The van der Waals surface area contributed by atoms with Gasteiger partial charge in [-0.2, -0.15) is 4.52 Å². The molecule has 0 aliphatic carbocycles. The van der Waals surface area contributed by atoms with E-state index in [1.54, 1.807) is 16.9 Å². The van der Waals surface area contributed by atoms with Gasteiger partial charge in [-0.3, -0.25) is 0 Å². The van der Waals surface area contributed by atoms with Crippen LogP contribution >= 0.6 is 0 Å². The highest BCUT2D eigenvalue weighted by Crippen LogP contribution is 2.28. The molecule has 3 aromatic rings. The molecule has 0 spiro atoms. The maximum atomic E-state index is 4.47. The van der Waals surface area contributed by atoms with E-state index in [-0.39, 0.29) is 0 Å². The second-order valence-corrected chi connectivity index (χ2v) is 5.87. The van der Waals surface area contributed by atoms with E-state index in [1.165, 1.54) is 22.3 Å². The Morgan fingerprint density at radius 2 is 2.09 bits per heavy atom. The lowest BCUT2D eigenvalue weighted by atomic mass is 9.93. The van der Waals surface area contributed by atoms with Crippen LogP contribution in [0.5, 0.6) is 0 Å². The monoisotopic (exact) mass is 306 g/mol. The minimum absolute atomic E-state index is 0.705. The van der Waals surface area contributed by atoms with Crippen molar-refractivity contribution in [2.24, 2.45) is 0 Å². The number of rotatable bonds is 2. The Bertz CT molecular complexity index is 895. The number of hydrogen-bond donors (Lipinski definition) is 0. The number of benzene rings is 1. The molecule has 2 aromatic heterocycles. The molecule has 1 aliphatic rings. The highest BCUT2D eigenvalue weighted by molar-refractivity contribution is 5.73. The van der Waals surface area contributed by atoms with Crippen LogP contribution in [0.25, 0.3) is 11.2 Å². The topological polar surface area (TPSA) is 59.2 Å². The first-order valence-electron chi connectivity index (χ1n) is 7.77. The first kappa shape index (κ1) is 13.9. The minimum atomic E-state index is 0.705. The Hall–Kier alpha value is -2.76. The van der Waals surface area contributed by atoms with Crippen LogP contribution in [0.2, 0.25) is 0 Å². The summed E-state index contributed by atoms with van der Waals surface area (Å²) in [6, 6.07) is 6.51. The van der Waals surface area contributed by atoms with Crippen LogP contribution in [0.3, 0.4) is 0 Å².